The van der Waals surface area contributed by atoms with Crippen LogP contribution in [0, 0.1) is 13.8 Å². The molecule has 2 aromatic carbocycles. The summed E-state index contributed by atoms with van der Waals surface area (Å²) in [5, 5.41) is 3.03. The molecule has 0 spiro atoms. The van der Waals surface area contributed by atoms with Crippen molar-refractivity contribution in [3.8, 4) is 5.75 Å². The number of carbonyl (C=O) groups excluding carboxylic acids is 1. The predicted molar refractivity (Wildman–Crippen MR) is 128 cm³/mol. The third kappa shape index (κ3) is 5.39. The van der Waals surface area contributed by atoms with Gasteiger partial charge in [-0.1, -0.05) is 19.9 Å². The van der Waals surface area contributed by atoms with Crippen LogP contribution in [0.5, 0.6) is 5.75 Å². The van der Waals surface area contributed by atoms with E-state index in [1.54, 1.807) is 26.2 Å². The third-order valence-corrected chi connectivity index (χ3v) is 8.13. The van der Waals surface area contributed by atoms with Gasteiger partial charge < -0.3 is 14.8 Å². The Labute approximate surface area is 197 Å². The molecule has 1 atom stereocenters. The molecule has 33 heavy (non-hydrogen) atoms. The van der Waals surface area contributed by atoms with Crippen LogP contribution in [0.3, 0.4) is 0 Å². The van der Waals surface area contributed by atoms with Gasteiger partial charge in [-0.2, -0.15) is 4.31 Å². The number of sulfonamides is 1. The van der Waals surface area contributed by atoms with Gasteiger partial charge in [0.05, 0.1) is 31.3 Å². The number of hydrogen-bond donors (Lipinski definition) is 1. The number of ether oxygens (including phenoxy) is 2. The lowest BCUT2D eigenvalue weighted by Crippen LogP contribution is -2.41. The Kier molecular flexibility index (Phi) is 7.82. The zero-order valence-corrected chi connectivity index (χ0v) is 21.1. The number of rotatable bonds is 7. The number of carbonyl (C=O) groups is 1. The Morgan fingerprint density at radius 1 is 1.03 bits per heavy atom. The quantitative estimate of drug-likeness (QED) is 0.657. The summed E-state index contributed by atoms with van der Waals surface area (Å²) in [4.78, 5) is 13.2. The zero-order valence-electron chi connectivity index (χ0n) is 20.3. The van der Waals surface area contributed by atoms with Crippen LogP contribution in [0.15, 0.2) is 35.2 Å². The van der Waals surface area contributed by atoms with E-state index in [2.05, 4.69) is 25.2 Å². The van der Waals surface area contributed by atoms with Crippen LogP contribution in [0.25, 0.3) is 0 Å². The number of hydrogen-bond acceptors (Lipinski definition) is 5. The smallest absolute Gasteiger partial charge is 0.251 e. The standard InChI is InChI=1S/C25H34N2O5S/c1-16(2)21-15-22(18(4)13-23(21)31-6)19(5)26-25(28)20-8-7-17(3)24(14-20)33(29,30)27-9-11-32-12-10-27/h7-8,13-16,19H,9-12H2,1-6H3,(H,26,28)/t19-/m0/s1. The molecule has 2 aromatic rings. The van der Waals surface area contributed by atoms with Crippen molar-refractivity contribution in [1.29, 1.82) is 0 Å². The van der Waals surface area contributed by atoms with Crippen LogP contribution in [0.4, 0.5) is 0 Å². The van der Waals surface area contributed by atoms with E-state index in [1.165, 1.54) is 10.4 Å². The lowest BCUT2D eigenvalue weighted by molar-refractivity contribution is 0.0730. The minimum absolute atomic E-state index is 0.160. The summed E-state index contributed by atoms with van der Waals surface area (Å²) in [6, 6.07) is 8.63. The molecule has 8 heteroatoms. The molecular weight excluding hydrogens is 440 g/mol. The normalized spacial score (nSPS) is 16.0. The topological polar surface area (TPSA) is 84.9 Å². The molecule has 0 aliphatic carbocycles. The van der Waals surface area contributed by atoms with E-state index in [9.17, 15) is 13.2 Å². The molecule has 1 saturated heterocycles. The molecule has 0 aromatic heterocycles. The second kappa shape index (κ2) is 10.2. The molecule has 1 fully saturated rings. The summed E-state index contributed by atoms with van der Waals surface area (Å²) in [5.74, 6) is 0.788. The van der Waals surface area contributed by atoms with E-state index >= 15 is 0 Å². The van der Waals surface area contributed by atoms with Crippen molar-refractivity contribution >= 4 is 15.9 Å². The van der Waals surface area contributed by atoms with Crippen LogP contribution in [-0.4, -0.2) is 52.0 Å². The fourth-order valence-electron chi connectivity index (χ4n) is 4.11. The second-order valence-electron chi connectivity index (χ2n) is 8.80. The van der Waals surface area contributed by atoms with Gasteiger partial charge in [0.25, 0.3) is 5.91 Å². The molecular formula is C25H34N2O5S. The molecule has 0 saturated carbocycles. The van der Waals surface area contributed by atoms with E-state index in [0.29, 0.717) is 37.4 Å². The first-order chi connectivity index (χ1) is 15.6. The number of morpholine rings is 1. The number of aryl methyl sites for hydroxylation is 2. The third-order valence-electron chi connectivity index (χ3n) is 6.09. The van der Waals surface area contributed by atoms with Gasteiger partial charge in [0.15, 0.2) is 0 Å². The lowest BCUT2D eigenvalue weighted by atomic mass is 9.93. The maximum Gasteiger partial charge on any atom is 0.251 e. The second-order valence-corrected chi connectivity index (χ2v) is 10.7. The maximum absolute atomic E-state index is 13.2. The molecule has 0 bridgehead atoms. The van der Waals surface area contributed by atoms with Gasteiger partial charge in [0, 0.05) is 18.7 Å². The lowest BCUT2D eigenvalue weighted by Gasteiger charge is -2.27. The molecule has 1 amide bonds. The largest absolute Gasteiger partial charge is 0.496 e. The summed E-state index contributed by atoms with van der Waals surface area (Å²) >= 11 is 0. The first kappa shape index (κ1) is 25.2. The maximum atomic E-state index is 13.2. The number of methoxy groups -OCH3 is 1. The summed E-state index contributed by atoms with van der Waals surface area (Å²) in [5.41, 5.74) is 4.02. The summed E-state index contributed by atoms with van der Waals surface area (Å²) < 4.78 is 38.5. The van der Waals surface area contributed by atoms with Gasteiger partial charge >= 0.3 is 0 Å². The SMILES string of the molecule is COc1cc(C)c([C@H](C)NC(=O)c2ccc(C)c(S(=O)(=O)N3CCOCC3)c2)cc1C(C)C. The average molecular weight is 475 g/mol. The van der Waals surface area contributed by atoms with Crippen molar-refractivity contribution in [2.45, 2.75) is 51.5 Å². The van der Waals surface area contributed by atoms with Crippen LogP contribution >= 0.6 is 0 Å². The zero-order chi connectivity index (χ0) is 24.3. The first-order valence-corrected chi connectivity index (χ1v) is 12.7. The van der Waals surface area contributed by atoms with Crippen molar-refractivity contribution in [2.24, 2.45) is 0 Å². The van der Waals surface area contributed by atoms with Gasteiger partial charge in [-0.05, 0) is 73.2 Å². The van der Waals surface area contributed by atoms with E-state index in [-0.39, 0.29) is 22.8 Å². The Hall–Kier alpha value is -2.42. The van der Waals surface area contributed by atoms with Gasteiger partial charge in [-0.15, -0.1) is 0 Å². The molecule has 1 aliphatic heterocycles. The minimum atomic E-state index is -3.70. The van der Waals surface area contributed by atoms with Crippen molar-refractivity contribution in [3.05, 3.63) is 58.1 Å². The number of amides is 1. The van der Waals surface area contributed by atoms with E-state index < -0.39 is 10.0 Å². The van der Waals surface area contributed by atoms with Crippen LogP contribution in [0.1, 0.15) is 65.3 Å². The van der Waals surface area contributed by atoms with E-state index in [4.69, 9.17) is 9.47 Å². The molecule has 1 heterocycles. The predicted octanol–water partition coefficient (Wildman–Crippen LogP) is 3.95. The average Bonchev–Trinajstić information content (AvgIpc) is 2.79. The summed E-state index contributed by atoms with van der Waals surface area (Å²) in [7, 11) is -2.04. The number of nitrogens with one attached hydrogen (secondary N) is 1. The number of nitrogens with zero attached hydrogens (tertiary/aromatic N) is 1. The molecule has 1 aliphatic rings. The fraction of sp³-hybridized carbons (Fsp3) is 0.480. The van der Waals surface area contributed by atoms with Crippen molar-refractivity contribution < 1.29 is 22.7 Å². The summed E-state index contributed by atoms with van der Waals surface area (Å²) in [6.07, 6.45) is 0. The van der Waals surface area contributed by atoms with E-state index in [0.717, 1.165) is 22.4 Å². The molecule has 7 nitrogen and oxygen atoms in total. The highest BCUT2D eigenvalue weighted by atomic mass is 32.2. The fourth-order valence-corrected chi connectivity index (χ4v) is 5.77. The number of benzene rings is 2. The highest BCUT2D eigenvalue weighted by molar-refractivity contribution is 7.89. The van der Waals surface area contributed by atoms with Crippen LogP contribution in [-0.2, 0) is 14.8 Å². The molecule has 0 unspecified atom stereocenters. The monoisotopic (exact) mass is 474 g/mol. The molecule has 3 rings (SSSR count). The van der Waals surface area contributed by atoms with Crippen molar-refractivity contribution in [1.82, 2.24) is 9.62 Å². The van der Waals surface area contributed by atoms with Gasteiger partial charge in [-0.3, -0.25) is 4.79 Å². The first-order valence-electron chi connectivity index (χ1n) is 11.2. The molecule has 1 N–H and O–H groups in total. The Bertz CT molecular complexity index is 1120. The minimum Gasteiger partial charge on any atom is -0.496 e. The van der Waals surface area contributed by atoms with Gasteiger partial charge in [0.1, 0.15) is 5.75 Å². The highest BCUT2D eigenvalue weighted by Gasteiger charge is 2.28. The molecule has 180 valence electrons. The van der Waals surface area contributed by atoms with Crippen LogP contribution < -0.4 is 10.1 Å². The Morgan fingerprint density at radius 3 is 2.30 bits per heavy atom. The van der Waals surface area contributed by atoms with Crippen LogP contribution in [0.2, 0.25) is 0 Å². The van der Waals surface area contributed by atoms with Gasteiger partial charge in [-0.25, -0.2) is 8.42 Å². The Balaban J connectivity index is 1.87. The summed E-state index contributed by atoms with van der Waals surface area (Å²) in [6.45, 7) is 11.2. The molecule has 0 radical (unpaired) electrons. The Morgan fingerprint density at radius 2 is 1.70 bits per heavy atom. The highest BCUT2D eigenvalue weighted by Crippen LogP contribution is 2.32. The van der Waals surface area contributed by atoms with E-state index in [1.807, 2.05) is 19.9 Å². The van der Waals surface area contributed by atoms with Gasteiger partial charge in [0.2, 0.25) is 10.0 Å². The van der Waals surface area contributed by atoms with Crippen molar-refractivity contribution in [3.63, 3.8) is 0 Å². The van der Waals surface area contributed by atoms with Crippen molar-refractivity contribution in [2.75, 3.05) is 33.4 Å².